The summed E-state index contributed by atoms with van der Waals surface area (Å²) in [6.07, 6.45) is 4.77. The smallest absolute Gasteiger partial charge is 0.134 e. The average molecular weight is 284 g/mol. The number of nitrogens with zero attached hydrogens (tertiary/aromatic N) is 2. The van der Waals surface area contributed by atoms with Crippen LogP contribution in [0.5, 0.6) is 0 Å². The summed E-state index contributed by atoms with van der Waals surface area (Å²) in [4.78, 5) is 8.81. The molecule has 0 spiro atoms. The van der Waals surface area contributed by atoms with E-state index in [2.05, 4.69) is 58.7 Å². The van der Waals surface area contributed by atoms with Crippen LogP contribution >= 0.6 is 0 Å². The molecule has 0 saturated heterocycles. The summed E-state index contributed by atoms with van der Waals surface area (Å²) in [6, 6.07) is 10.4. The minimum Gasteiger partial charge on any atom is -0.370 e. The SMILES string of the molecule is CCCNc1ncnc(NCc2ccccc2)c1CCC. The highest BCUT2D eigenvalue weighted by Crippen LogP contribution is 2.22. The molecule has 1 heterocycles. The summed E-state index contributed by atoms with van der Waals surface area (Å²) < 4.78 is 0. The van der Waals surface area contributed by atoms with Crippen LogP contribution in [0.15, 0.2) is 36.7 Å². The first kappa shape index (κ1) is 15.3. The van der Waals surface area contributed by atoms with E-state index >= 15 is 0 Å². The van der Waals surface area contributed by atoms with Crippen molar-refractivity contribution in [1.82, 2.24) is 9.97 Å². The zero-order chi connectivity index (χ0) is 14.9. The number of hydrogen-bond acceptors (Lipinski definition) is 4. The van der Waals surface area contributed by atoms with E-state index in [1.54, 1.807) is 6.33 Å². The first-order chi connectivity index (χ1) is 10.3. The molecule has 0 amide bonds. The molecule has 0 aliphatic carbocycles. The Bertz CT molecular complexity index is 540. The van der Waals surface area contributed by atoms with Crippen LogP contribution in [0.4, 0.5) is 11.6 Å². The second kappa shape index (κ2) is 8.25. The third kappa shape index (κ3) is 4.45. The second-order valence-electron chi connectivity index (χ2n) is 5.07. The second-order valence-corrected chi connectivity index (χ2v) is 5.07. The molecular weight excluding hydrogens is 260 g/mol. The number of benzene rings is 1. The number of anilines is 2. The predicted molar refractivity (Wildman–Crippen MR) is 88.6 cm³/mol. The van der Waals surface area contributed by atoms with Gasteiger partial charge < -0.3 is 10.6 Å². The summed E-state index contributed by atoms with van der Waals surface area (Å²) >= 11 is 0. The third-order valence-electron chi connectivity index (χ3n) is 3.29. The van der Waals surface area contributed by atoms with Crippen molar-refractivity contribution in [1.29, 1.82) is 0 Å². The van der Waals surface area contributed by atoms with Gasteiger partial charge in [0, 0.05) is 18.7 Å². The molecule has 2 N–H and O–H groups in total. The van der Waals surface area contributed by atoms with E-state index in [1.165, 1.54) is 11.1 Å². The van der Waals surface area contributed by atoms with Gasteiger partial charge in [-0.15, -0.1) is 0 Å². The monoisotopic (exact) mass is 284 g/mol. The minimum atomic E-state index is 0.780. The Kier molecular flexibility index (Phi) is 6.00. The quantitative estimate of drug-likeness (QED) is 0.772. The molecule has 2 aromatic rings. The largest absolute Gasteiger partial charge is 0.370 e. The van der Waals surface area contributed by atoms with E-state index < -0.39 is 0 Å². The Hall–Kier alpha value is -2.10. The maximum atomic E-state index is 4.42. The van der Waals surface area contributed by atoms with Gasteiger partial charge in [-0.1, -0.05) is 50.6 Å². The van der Waals surface area contributed by atoms with Crippen molar-refractivity contribution >= 4 is 11.6 Å². The Morgan fingerprint density at radius 2 is 1.62 bits per heavy atom. The molecule has 1 aromatic heterocycles. The average Bonchev–Trinajstić information content (AvgIpc) is 2.53. The van der Waals surface area contributed by atoms with Crippen molar-refractivity contribution in [3.8, 4) is 0 Å². The number of aromatic nitrogens is 2. The summed E-state index contributed by atoms with van der Waals surface area (Å²) in [5.74, 6) is 1.90. The Morgan fingerprint density at radius 3 is 2.29 bits per heavy atom. The highest BCUT2D eigenvalue weighted by Gasteiger charge is 2.10. The van der Waals surface area contributed by atoms with Crippen molar-refractivity contribution in [3.63, 3.8) is 0 Å². The third-order valence-corrected chi connectivity index (χ3v) is 3.29. The van der Waals surface area contributed by atoms with Gasteiger partial charge in [0.15, 0.2) is 0 Å². The first-order valence-corrected chi connectivity index (χ1v) is 7.70. The number of rotatable bonds is 8. The maximum Gasteiger partial charge on any atom is 0.134 e. The Balaban J connectivity index is 2.13. The number of nitrogens with one attached hydrogen (secondary N) is 2. The molecule has 0 unspecified atom stereocenters. The lowest BCUT2D eigenvalue weighted by Gasteiger charge is -2.15. The van der Waals surface area contributed by atoms with Gasteiger partial charge in [-0.3, -0.25) is 0 Å². The van der Waals surface area contributed by atoms with Crippen LogP contribution in [0.3, 0.4) is 0 Å². The topological polar surface area (TPSA) is 49.8 Å². The summed E-state index contributed by atoms with van der Waals surface area (Å²) in [6.45, 7) is 6.05. The molecule has 1 aromatic carbocycles. The van der Waals surface area contributed by atoms with E-state index in [-0.39, 0.29) is 0 Å². The molecule has 4 heteroatoms. The van der Waals surface area contributed by atoms with Crippen molar-refractivity contribution in [3.05, 3.63) is 47.8 Å². The van der Waals surface area contributed by atoms with Crippen LogP contribution in [-0.4, -0.2) is 16.5 Å². The normalized spacial score (nSPS) is 10.4. The molecule has 0 atom stereocenters. The fraction of sp³-hybridized carbons (Fsp3) is 0.412. The molecule has 0 radical (unpaired) electrons. The highest BCUT2D eigenvalue weighted by atomic mass is 15.1. The van der Waals surface area contributed by atoms with Crippen LogP contribution < -0.4 is 10.6 Å². The van der Waals surface area contributed by atoms with Crippen molar-refractivity contribution in [2.45, 2.75) is 39.7 Å². The van der Waals surface area contributed by atoms with Crippen LogP contribution in [0.2, 0.25) is 0 Å². The molecule has 0 saturated carbocycles. The fourth-order valence-electron chi connectivity index (χ4n) is 2.23. The molecule has 21 heavy (non-hydrogen) atoms. The van der Waals surface area contributed by atoms with Gasteiger partial charge >= 0.3 is 0 Å². The van der Waals surface area contributed by atoms with E-state index in [1.807, 2.05) is 6.07 Å². The highest BCUT2D eigenvalue weighted by molar-refractivity contribution is 5.57. The van der Waals surface area contributed by atoms with E-state index in [0.29, 0.717) is 0 Å². The van der Waals surface area contributed by atoms with Crippen molar-refractivity contribution in [2.24, 2.45) is 0 Å². The van der Waals surface area contributed by atoms with Gasteiger partial charge in [0.05, 0.1) is 0 Å². The van der Waals surface area contributed by atoms with Gasteiger partial charge in [0.2, 0.25) is 0 Å². The predicted octanol–water partition coefficient (Wildman–Crippen LogP) is 3.86. The van der Waals surface area contributed by atoms with Crippen LogP contribution in [0.25, 0.3) is 0 Å². The van der Waals surface area contributed by atoms with Crippen molar-refractivity contribution < 1.29 is 0 Å². The zero-order valence-corrected chi connectivity index (χ0v) is 12.9. The fourth-order valence-corrected chi connectivity index (χ4v) is 2.23. The Morgan fingerprint density at radius 1 is 0.905 bits per heavy atom. The lowest BCUT2D eigenvalue weighted by Crippen LogP contribution is -2.11. The van der Waals surface area contributed by atoms with Crippen LogP contribution in [0, 0.1) is 0 Å². The molecule has 0 fully saturated rings. The zero-order valence-electron chi connectivity index (χ0n) is 12.9. The van der Waals surface area contributed by atoms with Gasteiger partial charge in [-0.2, -0.15) is 0 Å². The van der Waals surface area contributed by atoms with Gasteiger partial charge in [0.25, 0.3) is 0 Å². The molecule has 4 nitrogen and oxygen atoms in total. The van der Waals surface area contributed by atoms with Crippen LogP contribution in [0.1, 0.15) is 37.8 Å². The molecular formula is C17H24N4. The molecule has 0 aliphatic rings. The molecule has 0 bridgehead atoms. The minimum absolute atomic E-state index is 0.780. The van der Waals surface area contributed by atoms with Crippen molar-refractivity contribution in [2.75, 3.05) is 17.2 Å². The lowest BCUT2D eigenvalue weighted by atomic mass is 10.1. The molecule has 2 rings (SSSR count). The van der Waals surface area contributed by atoms with Crippen LogP contribution in [-0.2, 0) is 13.0 Å². The summed E-state index contributed by atoms with van der Waals surface area (Å²) in [5.41, 5.74) is 2.44. The lowest BCUT2D eigenvalue weighted by molar-refractivity contribution is 0.886. The van der Waals surface area contributed by atoms with E-state index in [9.17, 15) is 0 Å². The molecule has 0 aliphatic heterocycles. The Labute approximate surface area is 127 Å². The maximum absolute atomic E-state index is 4.42. The first-order valence-electron chi connectivity index (χ1n) is 7.70. The summed E-state index contributed by atoms with van der Waals surface area (Å²) in [5, 5.41) is 6.84. The molecule has 112 valence electrons. The van der Waals surface area contributed by atoms with Gasteiger partial charge in [0.1, 0.15) is 18.0 Å². The summed E-state index contributed by atoms with van der Waals surface area (Å²) in [7, 11) is 0. The van der Waals surface area contributed by atoms with Gasteiger partial charge in [-0.25, -0.2) is 9.97 Å². The standard InChI is InChI=1S/C17H24N4/c1-3-8-15-16(18-11-4-2)20-13-21-17(15)19-12-14-9-6-5-7-10-14/h5-7,9-10,13H,3-4,8,11-12H2,1-2H3,(H2,18,19,20,21). The van der Waals surface area contributed by atoms with Gasteiger partial charge in [-0.05, 0) is 18.4 Å². The number of hydrogen-bond donors (Lipinski definition) is 2. The van der Waals surface area contributed by atoms with E-state index in [4.69, 9.17) is 0 Å². The van der Waals surface area contributed by atoms with E-state index in [0.717, 1.165) is 44.0 Å².